The van der Waals surface area contributed by atoms with Crippen LogP contribution in [0.15, 0.2) is 79.4 Å². The zero-order valence-electron chi connectivity index (χ0n) is 44.4. The fourth-order valence-electron chi connectivity index (χ4n) is 10.3. The lowest BCUT2D eigenvalue weighted by Gasteiger charge is -2.34. The van der Waals surface area contributed by atoms with Gasteiger partial charge in [0, 0.05) is 89.4 Å². The van der Waals surface area contributed by atoms with Crippen LogP contribution in [0.5, 0.6) is 0 Å². The summed E-state index contributed by atoms with van der Waals surface area (Å²) < 4.78 is 17.9. The Labute approximate surface area is 437 Å². The van der Waals surface area contributed by atoms with Gasteiger partial charge in [0.15, 0.2) is 11.6 Å². The summed E-state index contributed by atoms with van der Waals surface area (Å²) in [6.07, 6.45) is 11.7. The van der Waals surface area contributed by atoms with Gasteiger partial charge in [0.05, 0.1) is 47.6 Å². The number of amides is 2. The molecule has 6 aromatic heterocycles. The molecule has 3 atom stereocenters. The van der Waals surface area contributed by atoms with Crippen molar-refractivity contribution >= 4 is 79.2 Å². The van der Waals surface area contributed by atoms with Crippen LogP contribution in [0.3, 0.4) is 0 Å². The van der Waals surface area contributed by atoms with E-state index >= 15 is 0 Å². The lowest BCUT2D eigenvalue weighted by molar-refractivity contribution is -0.129. The second-order valence-corrected chi connectivity index (χ2v) is 20.7. The van der Waals surface area contributed by atoms with Crippen LogP contribution in [-0.4, -0.2) is 123 Å². The molecule has 18 nitrogen and oxygen atoms in total. The summed E-state index contributed by atoms with van der Waals surface area (Å²) in [5.41, 5.74) is 7.28. The molecule has 0 bridgehead atoms. The molecular weight excluding hydrogens is 948 g/mol. The van der Waals surface area contributed by atoms with Crippen LogP contribution in [0.25, 0.3) is 43.9 Å². The first-order valence-corrected chi connectivity index (χ1v) is 26.7. The molecule has 75 heavy (non-hydrogen) atoms. The molecule has 19 heteroatoms. The molecule has 392 valence electrons. The largest absolute Gasteiger partial charge is 0.362 e. The van der Waals surface area contributed by atoms with Crippen LogP contribution in [-0.2, 0) is 9.59 Å². The van der Waals surface area contributed by atoms with E-state index in [4.69, 9.17) is 35.1 Å². The molecule has 3 unspecified atom stereocenters. The molecule has 0 radical (unpaired) electrons. The predicted molar refractivity (Wildman–Crippen MR) is 293 cm³/mol. The standard InChI is InChI=1S/C29H36N8O.C27H33FN8O/c1-18(2)19(3)37-27-25(17-31-37)32-29(36-13-11-35(12-14-36)20(4)38)34-28(27)33-26(21-9-10-21)23-15-22-7-5-6-8-24(22)30-16-23;1-5-22(6-2)36-25-24(16-30-36)32-27(35-11-9-34(10-12-35)18(4)37)33-26(25)31-17(3)20-13-19-14-21(28)7-8-23(19)29-15-20/h5-8,15-19,21,26H,9-14H2,1-4H3,(H,32,33,34);7-8,13-17,22H,5-6,9-12H2,1-4H3,(H,31,32,33). The topological polar surface area (TPSA) is 184 Å². The average molecular weight is 1020 g/mol. The number of halogens is 1. The summed E-state index contributed by atoms with van der Waals surface area (Å²) in [5.74, 6) is 3.68. The smallest absolute Gasteiger partial charge is 0.228 e. The number of pyridine rings is 2. The van der Waals surface area contributed by atoms with Gasteiger partial charge < -0.3 is 30.2 Å². The van der Waals surface area contributed by atoms with Gasteiger partial charge in [-0.15, -0.1) is 0 Å². The molecule has 2 aliphatic heterocycles. The average Bonchev–Trinajstić information content (AvgIpc) is 4.05. The fourth-order valence-corrected chi connectivity index (χ4v) is 10.3. The van der Waals surface area contributed by atoms with E-state index in [1.807, 2.05) is 52.1 Å². The Morgan fingerprint density at radius 1 is 0.613 bits per heavy atom. The maximum atomic E-state index is 13.8. The lowest BCUT2D eigenvalue weighted by Crippen LogP contribution is -2.48. The van der Waals surface area contributed by atoms with Crippen molar-refractivity contribution in [2.45, 2.75) is 105 Å². The number of nitrogens with one attached hydrogen (secondary N) is 2. The lowest BCUT2D eigenvalue weighted by atomic mass is 10.0. The number of para-hydroxylation sites is 1. The molecule has 8 heterocycles. The van der Waals surface area contributed by atoms with Gasteiger partial charge in [-0.25, -0.2) is 14.4 Å². The number of nitrogens with zero attached hydrogens (tertiary/aromatic N) is 14. The maximum Gasteiger partial charge on any atom is 0.228 e. The maximum absolute atomic E-state index is 13.8. The van der Waals surface area contributed by atoms with E-state index in [-0.39, 0.29) is 41.8 Å². The van der Waals surface area contributed by atoms with Crippen LogP contribution in [0.2, 0.25) is 0 Å². The van der Waals surface area contributed by atoms with Gasteiger partial charge in [0.2, 0.25) is 23.7 Å². The van der Waals surface area contributed by atoms with Crippen LogP contribution in [0, 0.1) is 17.7 Å². The number of rotatable bonds is 14. The number of anilines is 4. The Balaban J connectivity index is 0.000000171. The van der Waals surface area contributed by atoms with E-state index in [1.165, 1.54) is 30.5 Å². The first-order chi connectivity index (χ1) is 36.3. The third kappa shape index (κ3) is 10.8. The van der Waals surface area contributed by atoms with Crippen LogP contribution < -0.4 is 20.4 Å². The normalized spacial score (nSPS) is 16.5. The molecule has 1 saturated carbocycles. The van der Waals surface area contributed by atoms with E-state index in [1.54, 1.807) is 26.1 Å². The van der Waals surface area contributed by atoms with E-state index in [9.17, 15) is 14.0 Å². The highest BCUT2D eigenvalue weighted by atomic mass is 19.1. The fraction of sp³-hybridized carbons (Fsp3) is 0.464. The molecule has 1 aliphatic carbocycles. The van der Waals surface area contributed by atoms with E-state index < -0.39 is 0 Å². The second-order valence-electron chi connectivity index (χ2n) is 20.7. The molecular formula is C56H69FN16O2. The molecule has 2 N–H and O–H groups in total. The van der Waals surface area contributed by atoms with Gasteiger partial charge in [-0.2, -0.15) is 20.2 Å². The molecule has 0 spiro atoms. The van der Waals surface area contributed by atoms with Gasteiger partial charge in [-0.1, -0.05) is 45.9 Å². The first kappa shape index (κ1) is 50.9. The summed E-state index contributed by atoms with van der Waals surface area (Å²) in [6, 6.07) is 17.5. The SMILES string of the molecule is CC(=O)N1CCN(c2nc(NC(c3cnc4ccccc4c3)C3CC3)c3c(cnn3C(C)C(C)C)n2)CC1.CCC(CC)n1ncc2nc(N3CCN(C(C)=O)CC3)nc(NC(C)c3cnc4ccc(F)cc4c3)c21. The number of piperazine rings is 2. The minimum atomic E-state index is -0.284. The van der Waals surface area contributed by atoms with E-state index in [2.05, 4.69) is 89.0 Å². The van der Waals surface area contributed by atoms with Crippen LogP contribution in [0.4, 0.5) is 27.9 Å². The number of carbonyl (C=O) groups excluding carboxylic acids is 2. The highest BCUT2D eigenvalue weighted by molar-refractivity contribution is 5.89. The summed E-state index contributed by atoms with van der Waals surface area (Å²) >= 11 is 0. The van der Waals surface area contributed by atoms with Crippen LogP contribution >= 0.6 is 0 Å². The highest BCUT2D eigenvalue weighted by Crippen LogP contribution is 2.44. The number of carbonyl (C=O) groups is 2. The van der Waals surface area contributed by atoms with Crippen molar-refractivity contribution in [3.8, 4) is 0 Å². The van der Waals surface area contributed by atoms with Gasteiger partial charge in [-0.05, 0) is 98.9 Å². The highest BCUT2D eigenvalue weighted by Gasteiger charge is 2.35. The van der Waals surface area contributed by atoms with Crippen molar-refractivity contribution in [3.63, 3.8) is 0 Å². The van der Waals surface area contributed by atoms with Crippen molar-refractivity contribution < 1.29 is 14.0 Å². The van der Waals surface area contributed by atoms with Gasteiger partial charge in [-0.3, -0.25) is 28.9 Å². The summed E-state index contributed by atoms with van der Waals surface area (Å²) in [7, 11) is 0. The molecule has 2 amide bonds. The minimum absolute atomic E-state index is 0.0857. The molecule has 3 fully saturated rings. The van der Waals surface area contributed by atoms with Gasteiger partial charge >= 0.3 is 0 Å². The molecule has 8 aromatic rings. The van der Waals surface area contributed by atoms with Crippen molar-refractivity contribution in [2.24, 2.45) is 11.8 Å². The number of hydrogen-bond acceptors (Lipinski definition) is 14. The van der Waals surface area contributed by atoms with Crippen molar-refractivity contribution in [1.29, 1.82) is 0 Å². The van der Waals surface area contributed by atoms with Gasteiger partial charge in [0.25, 0.3) is 0 Å². The zero-order valence-corrected chi connectivity index (χ0v) is 44.4. The number of aromatic nitrogens is 10. The number of hydrogen-bond donors (Lipinski definition) is 2. The summed E-state index contributed by atoms with van der Waals surface area (Å²) in [4.78, 5) is 60.8. The number of fused-ring (bicyclic) bond motifs is 4. The Morgan fingerprint density at radius 3 is 1.72 bits per heavy atom. The third-order valence-corrected chi connectivity index (χ3v) is 15.4. The Hall–Kier alpha value is -7.57. The van der Waals surface area contributed by atoms with E-state index in [0.29, 0.717) is 81.9 Å². The number of benzene rings is 2. The Morgan fingerprint density at radius 2 is 1.15 bits per heavy atom. The van der Waals surface area contributed by atoms with Crippen molar-refractivity contribution in [3.05, 3.63) is 96.3 Å². The molecule has 2 saturated heterocycles. The van der Waals surface area contributed by atoms with Crippen molar-refractivity contribution in [1.82, 2.24) is 59.3 Å². The molecule has 2 aromatic carbocycles. The van der Waals surface area contributed by atoms with Crippen molar-refractivity contribution in [2.75, 3.05) is 72.8 Å². The quantitative estimate of drug-likeness (QED) is 0.105. The third-order valence-electron chi connectivity index (χ3n) is 15.4. The minimum Gasteiger partial charge on any atom is -0.362 e. The predicted octanol–water partition coefficient (Wildman–Crippen LogP) is 9.54. The molecule has 11 rings (SSSR count). The van der Waals surface area contributed by atoms with Gasteiger partial charge in [0.1, 0.15) is 27.9 Å². The van der Waals surface area contributed by atoms with Crippen LogP contribution in [0.1, 0.15) is 116 Å². The zero-order chi connectivity index (χ0) is 52.5. The Kier molecular flexibility index (Phi) is 14.8. The monoisotopic (exact) mass is 1020 g/mol. The summed E-state index contributed by atoms with van der Waals surface area (Å²) in [6.45, 7) is 21.6. The first-order valence-electron chi connectivity index (χ1n) is 26.7. The van der Waals surface area contributed by atoms with E-state index in [0.717, 1.165) is 68.1 Å². The Bertz CT molecular complexity index is 3330. The second kappa shape index (κ2) is 21.7. The summed E-state index contributed by atoms with van der Waals surface area (Å²) in [5, 5.41) is 18.8. The molecule has 3 aliphatic rings.